The number of para-hydroxylation sites is 1. The van der Waals surface area contributed by atoms with Crippen LogP contribution in [0.4, 0.5) is 11.4 Å². The molecular weight excluding hydrogens is 388 g/mol. The SMILES string of the molecule is CN(C)c1ccc([C@H](CNC(=O)C(=O)Nc2ccccc2Cl)[NH+]2CCCC2)cc1. The highest BCUT2D eigenvalue weighted by atomic mass is 35.5. The minimum Gasteiger partial charge on any atom is -0.378 e. The van der Waals surface area contributed by atoms with Crippen molar-refractivity contribution in [3.05, 3.63) is 59.1 Å². The number of hydrogen-bond donors (Lipinski definition) is 3. The molecule has 1 aliphatic rings. The van der Waals surface area contributed by atoms with Gasteiger partial charge in [-0.15, -0.1) is 0 Å². The van der Waals surface area contributed by atoms with E-state index in [0.717, 1.165) is 18.8 Å². The molecule has 3 N–H and O–H groups in total. The first-order valence-corrected chi connectivity index (χ1v) is 10.3. The Hall–Kier alpha value is -2.57. The standard InChI is InChI=1S/C22H27ClN4O2/c1-26(2)17-11-9-16(10-12-17)20(27-13-5-6-14-27)15-24-21(28)22(29)25-19-8-4-3-7-18(19)23/h3-4,7-12,20H,5-6,13-15H2,1-2H3,(H,24,28)(H,25,29)/p+1/t20-/m0/s1. The number of amides is 2. The van der Waals surface area contributed by atoms with E-state index in [1.165, 1.54) is 23.3 Å². The second-order valence-corrected chi connectivity index (χ2v) is 7.96. The molecule has 1 fully saturated rings. The Labute approximate surface area is 176 Å². The van der Waals surface area contributed by atoms with Gasteiger partial charge in [-0.2, -0.15) is 0 Å². The predicted octanol–water partition coefficient (Wildman–Crippen LogP) is 1.88. The molecule has 29 heavy (non-hydrogen) atoms. The fourth-order valence-electron chi connectivity index (χ4n) is 3.70. The molecule has 2 amide bonds. The summed E-state index contributed by atoms with van der Waals surface area (Å²) in [6, 6.07) is 15.4. The Bertz CT molecular complexity index is 848. The van der Waals surface area contributed by atoms with E-state index in [1.807, 2.05) is 14.1 Å². The molecule has 7 heteroatoms. The Balaban J connectivity index is 1.65. The van der Waals surface area contributed by atoms with Crippen molar-refractivity contribution in [3.8, 4) is 0 Å². The van der Waals surface area contributed by atoms with Gasteiger partial charge in [0, 0.05) is 38.2 Å². The van der Waals surface area contributed by atoms with Gasteiger partial charge in [0.05, 0.1) is 30.3 Å². The summed E-state index contributed by atoms with van der Waals surface area (Å²) < 4.78 is 0. The smallest absolute Gasteiger partial charge is 0.313 e. The first kappa shape index (κ1) is 21.1. The summed E-state index contributed by atoms with van der Waals surface area (Å²) in [6.45, 7) is 2.55. The van der Waals surface area contributed by atoms with Crippen LogP contribution in [0.15, 0.2) is 48.5 Å². The maximum absolute atomic E-state index is 12.4. The van der Waals surface area contributed by atoms with E-state index < -0.39 is 11.8 Å². The highest BCUT2D eigenvalue weighted by molar-refractivity contribution is 6.41. The van der Waals surface area contributed by atoms with Crippen molar-refractivity contribution < 1.29 is 14.5 Å². The minimum absolute atomic E-state index is 0.116. The number of nitrogens with one attached hydrogen (secondary N) is 3. The van der Waals surface area contributed by atoms with Gasteiger partial charge in [-0.25, -0.2) is 0 Å². The largest absolute Gasteiger partial charge is 0.378 e. The average Bonchev–Trinajstić information content (AvgIpc) is 3.24. The summed E-state index contributed by atoms with van der Waals surface area (Å²) in [5.74, 6) is -1.37. The third kappa shape index (κ3) is 5.49. The number of nitrogens with zero attached hydrogens (tertiary/aromatic N) is 1. The fourth-order valence-corrected chi connectivity index (χ4v) is 3.88. The van der Waals surface area contributed by atoms with Crippen LogP contribution in [0.25, 0.3) is 0 Å². The number of carbonyl (C=O) groups is 2. The summed E-state index contributed by atoms with van der Waals surface area (Å²) in [7, 11) is 4.02. The summed E-state index contributed by atoms with van der Waals surface area (Å²) in [4.78, 5) is 28.1. The van der Waals surface area contributed by atoms with E-state index in [9.17, 15) is 9.59 Å². The lowest BCUT2D eigenvalue weighted by atomic mass is 10.0. The zero-order valence-corrected chi connectivity index (χ0v) is 17.6. The number of benzene rings is 2. The second-order valence-electron chi connectivity index (χ2n) is 7.55. The average molecular weight is 416 g/mol. The zero-order chi connectivity index (χ0) is 20.8. The Kier molecular flexibility index (Phi) is 7.12. The lowest BCUT2D eigenvalue weighted by Gasteiger charge is -2.25. The van der Waals surface area contributed by atoms with Gasteiger partial charge in [0.2, 0.25) is 0 Å². The number of anilines is 2. The number of quaternary nitrogens is 1. The highest BCUT2D eigenvalue weighted by Crippen LogP contribution is 2.20. The first-order chi connectivity index (χ1) is 14.0. The highest BCUT2D eigenvalue weighted by Gasteiger charge is 2.28. The van der Waals surface area contributed by atoms with Crippen molar-refractivity contribution >= 4 is 34.8 Å². The molecule has 0 unspecified atom stereocenters. The van der Waals surface area contributed by atoms with Crippen LogP contribution >= 0.6 is 11.6 Å². The van der Waals surface area contributed by atoms with Gasteiger partial charge in [-0.1, -0.05) is 35.9 Å². The van der Waals surface area contributed by atoms with E-state index in [2.05, 4.69) is 39.8 Å². The van der Waals surface area contributed by atoms with Crippen molar-refractivity contribution in [2.45, 2.75) is 18.9 Å². The molecule has 1 aliphatic heterocycles. The lowest BCUT2D eigenvalue weighted by Crippen LogP contribution is -3.11. The van der Waals surface area contributed by atoms with E-state index in [-0.39, 0.29) is 6.04 Å². The van der Waals surface area contributed by atoms with Crippen LogP contribution in [0.2, 0.25) is 5.02 Å². The van der Waals surface area contributed by atoms with Gasteiger partial charge in [0.25, 0.3) is 0 Å². The molecule has 1 heterocycles. The fraction of sp³-hybridized carbons (Fsp3) is 0.364. The molecular formula is C22H28ClN4O2+. The van der Waals surface area contributed by atoms with E-state index in [4.69, 9.17) is 11.6 Å². The molecule has 1 saturated heterocycles. The van der Waals surface area contributed by atoms with Crippen LogP contribution in [0.1, 0.15) is 24.4 Å². The quantitative estimate of drug-likeness (QED) is 0.631. The third-order valence-corrected chi connectivity index (χ3v) is 5.68. The van der Waals surface area contributed by atoms with Crippen LogP contribution in [-0.2, 0) is 9.59 Å². The molecule has 0 aliphatic carbocycles. The third-order valence-electron chi connectivity index (χ3n) is 5.35. The molecule has 0 radical (unpaired) electrons. The van der Waals surface area contributed by atoms with E-state index in [1.54, 1.807) is 24.3 Å². The van der Waals surface area contributed by atoms with Gasteiger partial charge >= 0.3 is 11.8 Å². The van der Waals surface area contributed by atoms with Crippen molar-refractivity contribution in [3.63, 3.8) is 0 Å². The van der Waals surface area contributed by atoms with Crippen LogP contribution in [0.3, 0.4) is 0 Å². The van der Waals surface area contributed by atoms with Crippen molar-refractivity contribution in [1.82, 2.24) is 5.32 Å². The minimum atomic E-state index is -0.712. The Morgan fingerprint density at radius 1 is 1.03 bits per heavy atom. The van der Waals surface area contributed by atoms with Crippen molar-refractivity contribution in [2.75, 3.05) is 43.9 Å². The van der Waals surface area contributed by atoms with Gasteiger partial charge in [-0.3, -0.25) is 9.59 Å². The molecule has 0 saturated carbocycles. The van der Waals surface area contributed by atoms with Crippen LogP contribution in [0, 0.1) is 0 Å². The number of likely N-dealkylation sites (tertiary alicyclic amines) is 1. The van der Waals surface area contributed by atoms with Gasteiger partial charge < -0.3 is 20.4 Å². The Morgan fingerprint density at radius 2 is 1.69 bits per heavy atom. The summed E-state index contributed by atoms with van der Waals surface area (Å²) in [5, 5.41) is 5.77. The summed E-state index contributed by atoms with van der Waals surface area (Å²) in [6.07, 6.45) is 2.37. The molecule has 154 valence electrons. The molecule has 6 nitrogen and oxygen atoms in total. The topological polar surface area (TPSA) is 65.9 Å². The zero-order valence-electron chi connectivity index (χ0n) is 16.9. The number of rotatable bonds is 6. The second kappa shape index (κ2) is 9.76. The van der Waals surface area contributed by atoms with E-state index in [0.29, 0.717) is 17.3 Å². The molecule has 2 aromatic carbocycles. The van der Waals surface area contributed by atoms with Gasteiger partial charge in [0.1, 0.15) is 6.04 Å². The van der Waals surface area contributed by atoms with Crippen molar-refractivity contribution in [2.24, 2.45) is 0 Å². The van der Waals surface area contributed by atoms with Gasteiger partial charge in [-0.05, 0) is 24.3 Å². The first-order valence-electron chi connectivity index (χ1n) is 9.91. The number of halogens is 1. The predicted molar refractivity (Wildman–Crippen MR) is 117 cm³/mol. The van der Waals surface area contributed by atoms with E-state index >= 15 is 0 Å². The Morgan fingerprint density at radius 3 is 2.31 bits per heavy atom. The molecule has 0 spiro atoms. The molecule has 1 atom stereocenters. The van der Waals surface area contributed by atoms with Gasteiger partial charge in [0.15, 0.2) is 0 Å². The van der Waals surface area contributed by atoms with Crippen molar-refractivity contribution in [1.29, 1.82) is 0 Å². The summed E-state index contributed by atoms with van der Waals surface area (Å²) in [5.41, 5.74) is 2.72. The maximum Gasteiger partial charge on any atom is 0.313 e. The lowest BCUT2D eigenvalue weighted by molar-refractivity contribution is -0.918. The molecule has 0 aromatic heterocycles. The maximum atomic E-state index is 12.4. The van der Waals surface area contributed by atoms with Crippen LogP contribution < -0.4 is 20.4 Å². The monoisotopic (exact) mass is 415 g/mol. The normalized spacial score (nSPS) is 15.0. The number of carbonyl (C=O) groups excluding carboxylic acids is 2. The van der Waals surface area contributed by atoms with Crippen LogP contribution in [0.5, 0.6) is 0 Å². The molecule has 0 bridgehead atoms. The summed E-state index contributed by atoms with van der Waals surface area (Å²) >= 11 is 6.05. The molecule has 2 aromatic rings. The molecule has 3 rings (SSSR count). The number of hydrogen-bond acceptors (Lipinski definition) is 3. The van der Waals surface area contributed by atoms with Crippen LogP contribution in [-0.4, -0.2) is 45.5 Å².